The highest BCUT2D eigenvalue weighted by atomic mass is 16.3. The third kappa shape index (κ3) is 6.14. The van der Waals surface area contributed by atoms with Crippen LogP contribution in [0.25, 0.3) is 60.5 Å². The van der Waals surface area contributed by atoms with Crippen LogP contribution in [-0.2, 0) is 0 Å². The predicted molar refractivity (Wildman–Crippen MR) is 241 cm³/mol. The second-order valence-electron chi connectivity index (χ2n) is 14.5. The molecule has 0 N–H and O–H groups in total. The van der Waals surface area contributed by atoms with Gasteiger partial charge in [-0.3, -0.25) is 0 Å². The fourth-order valence-corrected chi connectivity index (χ4v) is 8.18. The van der Waals surface area contributed by atoms with Crippen LogP contribution in [-0.4, -0.2) is 0 Å². The fourth-order valence-electron chi connectivity index (χ4n) is 8.18. The lowest BCUT2D eigenvalue weighted by Crippen LogP contribution is -2.10. The van der Waals surface area contributed by atoms with Gasteiger partial charge >= 0.3 is 0 Å². The molecule has 0 bridgehead atoms. The van der Waals surface area contributed by atoms with E-state index >= 15 is 0 Å². The average molecular weight is 759 g/mol. The summed E-state index contributed by atoms with van der Waals surface area (Å²) in [4.78, 5) is 4.39. The van der Waals surface area contributed by atoms with Crippen molar-refractivity contribution in [1.82, 2.24) is 0 Å². The smallest absolute Gasteiger partial charge is 0.137 e. The molecule has 0 unspecified atom stereocenters. The van der Waals surface area contributed by atoms with Gasteiger partial charge in [-0.25, -0.2) is 0 Å². The molecule has 0 radical (unpaired) electrons. The number of rotatable bonds is 8. The molecule has 0 spiro atoms. The minimum atomic E-state index is 0.599. The molecule has 0 fully saturated rings. The first kappa shape index (κ1) is 35.1. The summed E-state index contributed by atoms with van der Waals surface area (Å²) in [6.45, 7) is 5.80. The lowest BCUT2D eigenvalue weighted by molar-refractivity contribution is 0.577. The molecule has 59 heavy (non-hydrogen) atoms. The van der Waals surface area contributed by atoms with Gasteiger partial charge in [0, 0.05) is 68.0 Å². The van der Waals surface area contributed by atoms with Crippen molar-refractivity contribution in [3.8, 4) is 12.1 Å². The Balaban J connectivity index is 1.07. The highest BCUT2D eigenvalue weighted by Gasteiger charge is 2.19. The molecular weight excluding hydrogens is 725 g/mol. The largest absolute Gasteiger partial charge is 0.461 e. The van der Waals surface area contributed by atoms with Crippen LogP contribution in [0.15, 0.2) is 185 Å². The van der Waals surface area contributed by atoms with Gasteiger partial charge in [0.2, 0.25) is 0 Å². The van der Waals surface area contributed by atoms with Crippen molar-refractivity contribution in [2.24, 2.45) is 0 Å². The number of nitrogens with zero attached hydrogens (tertiary/aromatic N) is 4. The highest BCUT2D eigenvalue weighted by molar-refractivity contribution is 6.10. The van der Waals surface area contributed by atoms with Crippen LogP contribution in [0.5, 0.6) is 0 Å². The number of hydrogen-bond acceptors (Lipinski definition) is 6. The minimum Gasteiger partial charge on any atom is -0.461 e. The molecule has 2 aromatic heterocycles. The van der Waals surface area contributed by atoms with Crippen molar-refractivity contribution in [2.75, 3.05) is 9.80 Å². The summed E-state index contributed by atoms with van der Waals surface area (Å²) in [5.41, 5.74) is 10.4. The zero-order chi connectivity index (χ0) is 40.0. The molecule has 278 valence electrons. The Morgan fingerprint density at radius 1 is 0.475 bits per heavy atom. The standard InChI is InChI=1S/C53H34N4O2/c1-3-4-7-45-34(2)58-52-30-43(22-26-49(45)52)56(39-16-10-35(32-54)11-17-39)41-20-24-46-37(28-41)14-15-38-29-42(21-25-47(38)46)57(40-18-12-36(33-55)13-19-40)44-23-27-50-48-8-5-6-9-51(48)59-53(50)31-44/h3-31H,1H2,2H3/b7-4-. The van der Waals surface area contributed by atoms with Gasteiger partial charge in [0.15, 0.2) is 0 Å². The Morgan fingerprint density at radius 2 is 0.932 bits per heavy atom. The van der Waals surface area contributed by atoms with Crippen LogP contribution in [0.2, 0.25) is 0 Å². The van der Waals surface area contributed by atoms with Crippen LogP contribution < -0.4 is 9.80 Å². The van der Waals surface area contributed by atoms with Gasteiger partial charge < -0.3 is 18.6 Å². The fraction of sp³-hybridized carbons (Fsp3) is 0.0189. The maximum atomic E-state index is 9.56. The molecule has 10 rings (SSSR count). The van der Waals surface area contributed by atoms with Crippen molar-refractivity contribution in [1.29, 1.82) is 10.5 Å². The van der Waals surface area contributed by atoms with Gasteiger partial charge in [0.25, 0.3) is 0 Å². The van der Waals surface area contributed by atoms with E-state index in [1.165, 1.54) is 0 Å². The Kier molecular flexibility index (Phi) is 8.52. The number of hydrogen-bond donors (Lipinski definition) is 0. The van der Waals surface area contributed by atoms with Crippen LogP contribution in [0.3, 0.4) is 0 Å². The van der Waals surface area contributed by atoms with E-state index in [2.05, 4.69) is 120 Å². The van der Waals surface area contributed by atoms with Gasteiger partial charge in [-0.2, -0.15) is 10.5 Å². The number of anilines is 6. The minimum absolute atomic E-state index is 0.599. The number of fused-ring (bicyclic) bond motifs is 7. The lowest BCUT2D eigenvalue weighted by atomic mass is 9.99. The molecule has 0 aliphatic carbocycles. The van der Waals surface area contributed by atoms with E-state index in [1.54, 1.807) is 6.08 Å². The van der Waals surface area contributed by atoms with Crippen molar-refractivity contribution in [3.05, 3.63) is 199 Å². The second kappa shape index (κ2) is 14.3. The zero-order valence-corrected chi connectivity index (χ0v) is 32.1. The maximum Gasteiger partial charge on any atom is 0.137 e. The molecule has 6 nitrogen and oxygen atoms in total. The lowest BCUT2D eigenvalue weighted by Gasteiger charge is -2.26. The van der Waals surface area contributed by atoms with Gasteiger partial charge in [0.05, 0.1) is 23.3 Å². The van der Waals surface area contributed by atoms with Crippen molar-refractivity contribution < 1.29 is 8.83 Å². The van der Waals surface area contributed by atoms with E-state index in [9.17, 15) is 10.5 Å². The average Bonchev–Trinajstić information content (AvgIpc) is 3.81. The molecule has 10 aromatic rings. The van der Waals surface area contributed by atoms with Gasteiger partial charge in [0.1, 0.15) is 22.5 Å². The molecule has 0 aliphatic heterocycles. The zero-order valence-electron chi connectivity index (χ0n) is 32.1. The van der Waals surface area contributed by atoms with Crippen LogP contribution in [0.4, 0.5) is 34.1 Å². The van der Waals surface area contributed by atoms with Crippen LogP contribution in [0.1, 0.15) is 22.5 Å². The number of nitriles is 2. The molecule has 0 amide bonds. The van der Waals surface area contributed by atoms with E-state index in [0.29, 0.717) is 11.1 Å². The molecule has 0 saturated carbocycles. The first-order valence-corrected chi connectivity index (χ1v) is 19.3. The summed E-state index contributed by atoms with van der Waals surface area (Å²) in [6, 6.07) is 57.9. The van der Waals surface area contributed by atoms with E-state index in [4.69, 9.17) is 8.83 Å². The Hall–Kier alpha value is -8.32. The van der Waals surface area contributed by atoms with Crippen molar-refractivity contribution >= 4 is 94.7 Å². The predicted octanol–water partition coefficient (Wildman–Crippen LogP) is 14.8. The summed E-state index contributed by atoms with van der Waals surface area (Å²) >= 11 is 0. The monoisotopic (exact) mass is 758 g/mol. The Morgan fingerprint density at radius 3 is 1.47 bits per heavy atom. The van der Waals surface area contributed by atoms with E-state index < -0.39 is 0 Å². The number of furan rings is 2. The van der Waals surface area contributed by atoms with E-state index in [-0.39, 0.29) is 0 Å². The van der Waals surface area contributed by atoms with Crippen LogP contribution >= 0.6 is 0 Å². The maximum absolute atomic E-state index is 9.56. The summed E-state index contributed by atoms with van der Waals surface area (Å²) in [6.07, 6.45) is 5.70. The van der Waals surface area contributed by atoms with Gasteiger partial charge in [-0.05, 0) is 132 Å². The highest BCUT2D eigenvalue weighted by Crippen LogP contribution is 2.43. The number of allylic oxidation sites excluding steroid dienone is 2. The Bertz CT molecular complexity index is 3390. The number of para-hydroxylation sites is 1. The second-order valence-corrected chi connectivity index (χ2v) is 14.5. The molecular formula is C53H34N4O2. The van der Waals surface area contributed by atoms with E-state index in [1.807, 2.05) is 85.8 Å². The molecule has 0 saturated heterocycles. The van der Waals surface area contributed by atoms with Gasteiger partial charge in [-0.15, -0.1) is 0 Å². The number of benzene rings is 8. The van der Waals surface area contributed by atoms with Crippen molar-refractivity contribution in [3.63, 3.8) is 0 Å². The molecule has 2 heterocycles. The summed E-state index contributed by atoms with van der Waals surface area (Å²) < 4.78 is 12.6. The topological polar surface area (TPSA) is 80.3 Å². The first-order valence-electron chi connectivity index (χ1n) is 19.3. The molecule has 0 atom stereocenters. The molecule has 0 aliphatic rings. The first-order chi connectivity index (χ1) is 29.0. The quantitative estimate of drug-likeness (QED) is 0.113. The summed E-state index contributed by atoms with van der Waals surface area (Å²) in [5.74, 6) is 0.841. The Labute approximate surface area is 340 Å². The normalized spacial score (nSPS) is 11.4. The SMILES string of the molecule is C=C/C=C\c1c(C)oc2cc(N(c3ccc(C#N)cc3)c3ccc4c(ccc5cc(N(c6ccc(C#N)cc6)c6ccc7c(c6)oc6ccccc67)ccc54)c3)ccc12. The summed E-state index contributed by atoms with van der Waals surface area (Å²) in [5, 5.41) is 26.7. The molecule has 6 heteroatoms. The third-order valence-electron chi connectivity index (χ3n) is 11.0. The third-order valence-corrected chi connectivity index (χ3v) is 11.0. The van der Waals surface area contributed by atoms with Crippen LogP contribution in [0, 0.1) is 29.6 Å². The van der Waals surface area contributed by atoms with E-state index in [0.717, 1.165) is 99.9 Å². The number of aryl methyl sites for hydroxylation is 1. The van der Waals surface area contributed by atoms with Crippen molar-refractivity contribution in [2.45, 2.75) is 6.92 Å². The summed E-state index contributed by atoms with van der Waals surface area (Å²) in [7, 11) is 0. The molecule has 8 aromatic carbocycles. The van der Waals surface area contributed by atoms with Gasteiger partial charge in [-0.1, -0.05) is 67.3 Å².